The van der Waals surface area contributed by atoms with Crippen molar-refractivity contribution in [2.75, 3.05) is 31.4 Å². The minimum atomic E-state index is 0.298. The van der Waals surface area contributed by atoms with E-state index in [-0.39, 0.29) is 0 Å². The van der Waals surface area contributed by atoms with E-state index in [1.807, 2.05) is 12.1 Å². The largest absolute Gasteiger partial charge is 0.476 e. The molecule has 0 amide bonds. The van der Waals surface area contributed by atoms with Gasteiger partial charge in [0.2, 0.25) is 5.88 Å². The maximum absolute atomic E-state index is 5.87. The van der Waals surface area contributed by atoms with Gasteiger partial charge in [-0.15, -0.1) is 0 Å². The monoisotopic (exact) mass is 265 g/mol. The Hall–Kier alpha value is -1.49. The SMILES string of the molecule is COCCC(C)Nc1ccc(N)c(OCC2CC2)n1. The molecule has 0 spiro atoms. The van der Waals surface area contributed by atoms with Crippen LogP contribution in [-0.2, 0) is 4.74 Å². The standard InChI is InChI=1S/C14H23N3O2/c1-10(7-8-18-2)16-13-6-5-12(15)14(17-13)19-9-11-3-4-11/h5-6,10-11H,3-4,7-9,15H2,1-2H3,(H,16,17). The number of methoxy groups -OCH3 is 1. The molecule has 5 nitrogen and oxygen atoms in total. The lowest BCUT2D eigenvalue weighted by molar-refractivity contribution is 0.191. The molecule has 5 heteroatoms. The van der Waals surface area contributed by atoms with Gasteiger partial charge in [-0.3, -0.25) is 0 Å². The molecule has 1 aliphatic rings. The van der Waals surface area contributed by atoms with E-state index >= 15 is 0 Å². The second kappa shape index (κ2) is 6.61. The van der Waals surface area contributed by atoms with Crippen LogP contribution in [0.1, 0.15) is 26.2 Å². The van der Waals surface area contributed by atoms with Gasteiger partial charge in [0.25, 0.3) is 0 Å². The van der Waals surface area contributed by atoms with E-state index in [9.17, 15) is 0 Å². The van der Waals surface area contributed by atoms with Crippen LogP contribution >= 0.6 is 0 Å². The Morgan fingerprint density at radius 3 is 2.95 bits per heavy atom. The Balaban J connectivity index is 1.90. The third-order valence-corrected chi connectivity index (χ3v) is 3.19. The summed E-state index contributed by atoms with van der Waals surface area (Å²) < 4.78 is 10.7. The van der Waals surface area contributed by atoms with Crippen molar-refractivity contribution in [2.45, 2.75) is 32.2 Å². The minimum Gasteiger partial charge on any atom is -0.476 e. The Bertz CT molecular complexity index is 408. The number of aromatic nitrogens is 1. The fraction of sp³-hybridized carbons (Fsp3) is 0.643. The molecule has 1 heterocycles. The van der Waals surface area contributed by atoms with Crippen molar-refractivity contribution in [1.29, 1.82) is 0 Å². The summed E-state index contributed by atoms with van der Waals surface area (Å²) in [5.41, 5.74) is 6.47. The molecule has 1 atom stereocenters. The molecular formula is C14H23N3O2. The molecule has 1 aromatic rings. The molecule has 1 aliphatic carbocycles. The summed E-state index contributed by atoms with van der Waals surface area (Å²) in [4.78, 5) is 4.42. The Morgan fingerprint density at radius 2 is 2.26 bits per heavy atom. The first kappa shape index (κ1) is 13.9. The maximum atomic E-state index is 5.87. The van der Waals surface area contributed by atoms with Crippen molar-refractivity contribution in [1.82, 2.24) is 4.98 Å². The van der Waals surface area contributed by atoms with Gasteiger partial charge in [0.1, 0.15) is 5.82 Å². The van der Waals surface area contributed by atoms with Crippen molar-refractivity contribution >= 4 is 11.5 Å². The topological polar surface area (TPSA) is 69.4 Å². The summed E-state index contributed by atoms with van der Waals surface area (Å²) in [7, 11) is 1.71. The predicted octanol–water partition coefficient (Wildman–Crippen LogP) is 2.29. The first-order chi connectivity index (χ1) is 9.19. The van der Waals surface area contributed by atoms with Crippen molar-refractivity contribution < 1.29 is 9.47 Å². The molecule has 0 saturated heterocycles. The van der Waals surface area contributed by atoms with Gasteiger partial charge >= 0.3 is 0 Å². The van der Waals surface area contributed by atoms with Gasteiger partial charge in [0, 0.05) is 19.8 Å². The lowest BCUT2D eigenvalue weighted by atomic mass is 10.2. The van der Waals surface area contributed by atoms with Gasteiger partial charge < -0.3 is 20.5 Å². The van der Waals surface area contributed by atoms with Crippen LogP contribution in [0.5, 0.6) is 5.88 Å². The second-order valence-electron chi connectivity index (χ2n) is 5.17. The van der Waals surface area contributed by atoms with E-state index in [2.05, 4.69) is 17.2 Å². The number of nitrogen functional groups attached to an aromatic ring is 1. The molecule has 106 valence electrons. The van der Waals surface area contributed by atoms with E-state index < -0.39 is 0 Å². The zero-order chi connectivity index (χ0) is 13.7. The van der Waals surface area contributed by atoms with Gasteiger partial charge in [-0.05, 0) is 44.2 Å². The van der Waals surface area contributed by atoms with Crippen LogP contribution in [0.15, 0.2) is 12.1 Å². The predicted molar refractivity (Wildman–Crippen MR) is 76.4 cm³/mol. The summed E-state index contributed by atoms with van der Waals surface area (Å²) >= 11 is 0. The Morgan fingerprint density at radius 1 is 1.47 bits per heavy atom. The van der Waals surface area contributed by atoms with Crippen molar-refractivity contribution in [3.8, 4) is 5.88 Å². The van der Waals surface area contributed by atoms with Crippen molar-refractivity contribution in [2.24, 2.45) is 5.92 Å². The van der Waals surface area contributed by atoms with E-state index in [1.54, 1.807) is 7.11 Å². The van der Waals surface area contributed by atoms with Gasteiger partial charge in [-0.1, -0.05) is 0 Å². The molecule has 1 unspecified atom stereocenters. The minimum absolute atomic E-state index is 0.298. The summed E-state index contributed by atoms with van der Waals surface area (Å²) in [6, 6.07) is 4.01. The van der Waals surface area contributed by atoms with Gasteiger partial charge in [-0.2, -0.15) is 4.98 Å². The second-order valence-corrected chi connectivity index (χ2v) is 5.17. The van der Waals surface area contributed by atoms with E-state index in [0.717, 1.165) is 25.5 Å². The summed E-state index contributed by atoms with van der Waals surface area (Å²) in [5.74, 6) is 2.03. The highest BCUT2D eigenvalue weighted by atomic mass is 16.5. The Labute approximate surface area is 114 Å². The van der Waals surface area contributed by atoms with Crippen LogP contribution in [0.25, 0.3) is 0 Å². The Kier molecular flexibility index (Phi) is 4.85. The summed E-state index contributed by atoms with van der Waals surface area (Å²) in [6.45, 7) is 3.55. The zero-order valence-corrected chi connectivity index (χ0v) is 11.7. The number of hydrogen-bond acceptors (Lipinski definition) is 5. The third kappa shape index (κ3) is 4.59. The highest BCUT2D eigenvalue weighted by molar-refractivity contribution is 5.53. The lowest BCUT2D eigenvalue weighted by Crippen LogP contribution is -2.18. The molecule has 0 bridgehead atoms. The number of pyridine rings is 1. The number of nitrogens with zero attached hydrogens (tertiary/aromatic N) is 1. The molecule has 1 fully saturated rings. The molecule has 0 aliphatic heterocycles. The zero-order valence-electron chi connectivity index (χ0n) is 11.7. The number of ether oxygens (including phenoxy) is 2. The van der Waals surface area contributed by atoms with E-state index in [4.69, 9.17) is 15.2 Å². The molecule has 0 aromatic carbocycles. The average molecular weight is 265 g/mol. The molecule has 19 heavy (non-hydrogen) atoms. The third-order valence-electron chi connectivity index (χ3n) is 3.19. The number of hydrogen-bond donors (Lipinski definition) is 2. The quantitative estimate of drug-likeness (QED) is 0.754. The number of nitrogens with one attached hydrogen (secondary N) is 1. The van der Waals surface area contributed by atoms with Crippen LogP contribution in [0.2, 0.25) is 0 Å². The first-order valence-electron chi connectivity index (χ1n) is 6.84. The highest BCUT2D eigenvalue weighted by Gasteiger charge is 2.22. The molecule has 1 saturated carbocycles. The number of nitrogens with two attached hydrogens (primary N) is 1. The van der Waals surface area contributed by atoms with Gasteiger partial charge in [-0.25, -0.2) is 0 Å². The highest BCUT2D eigenvalue weighted by Crippen LogP contribution is 2.30. The lowest BCUT2D eigenvalue weighted by Gasteiger charge is -2.15. The average Bonchev–Trinajstić information content (AvgIpc) is 3.21. The summed E-state index contributed by atoms with van der Waals surface area (Å²) in [5, 5.41) is 3.32. The summed E-state index contributed by atoms with van der Waals surface area (Å²) in [6.07, 6.45) is 3.44. The van der Waals surface area contributed by atoms with Crippen LogP contribution in [-0.4, -0.2) is 31.3 Å². The molecule has 2 rings (SSSR count). The molecule has 0 radical (unpaired) electrons. The normalized spacial score (nSPS) is 16.1. The van der Waals surface area contributed by atoms with Crippen LogP contribution in [0.3, 0.4) is 0 Å². The smallest absolute Gasteiger partial charge is 0.239 e. The number of rotatable bonds is 8. The van der Waals surface area contributed by atoms with Crippen LogP contribution in [0, 0.1) is 5.92 Å². The number of anilines is 2. The van der Waals surface area contributed by atoms with Crippen molar-refractivity contribution in [3.05, 3.63) is 12.1 Å². The molecular weight excluding hydrogens is 242 g/mol. The van der Waals surface area contributed by atoms with Crippen LogP contribution < -0.4 is 15.8 Å². The fourth-order valence-electron chi connectivity index (χ4n) is 1.75. The first-order valence-corrected chi connectivity index (χ1v) is 6.84. The fourth-order valence-corrected chi connectivity index (χ4v) is 1.75. The van der Waals surface area contributed by atoms with Crippen LogP contribution in [0.4, 0.5) is 11.5 Å². The maximum Gasteiger partial charge on any atom is 0.239 e. The van der Waals surface area contributed by atoms with Gasteiger partial charge in [0.05, 0.1) is 12.3 Å². The van der Waals surface area contributed by atoms with Gasteiger partial charge in [0.15, 0.2) is 0 Å². The molecule has 1 aromatic heterocycles. The van der Waals surface area contributed by atoms with E-state index in [0.29, 0.717) is 23.5 Å². The molecule has 3 N–H and O–H groups in total. The van der Waals surface area contributed by atoms with E-state index in [1.165, 1.54) is 12.8 Å². The van der Waals surface area contributed by atoms with Crippen molar-refractivity contribution in [3.63, 3.8) is 0 Å².